The highest BCUT2D eigenvalue weighted by Gasteiger charge is 2.18. The quantitative estimate of drug-likeness (QED) is 0.722. The van der Waals surface area contributed by atoms with Crippen LogP contribution in [-0.2, 0) is 4.57 Å². The number of rotatable bonds is 2. The van der Waals surface area contributed by atoms with E-state index in [0.717, 1.165) is 18.2 Å². The number of halogens is 2. The third-order valence-electron chi connectivity index (χ3n) is 1.46. The molecule has 0 radical (unpaired) electrons. The van der Waals surface area contributed by atoms with Gasteiger partial charge in [-0.3, -0.25) is 4.57 Å². The van der Waals surface area contributed by atoms with Gasteiger partial charge in [-0.1, -0.05) is 12.1 Å². The second-order valence-corrected chi connectivity index (χ2v) is 4.04. The molecule has 0 aromatic heterocycles. The second kappa shape index (κ2) is 3.54. The van der Waals surface area contributed by atoms with Gasteiger partial charge >= 0.3 is 7.60 Å². The van der Waals surface area contributed by atoms with Crippen molar-refractivity contribution in [3.63, 3.8) is 0 Å². The van der Waals surface area contributed by atoms with E-state index in [2.05, 4.69) is 0 Å². The molecule has 0 spiro atoms. The Labute approximate surface area is 73.2 Å². The van der Waals surface area contributed by atoms with Crippen molar-refractivity contribution in [1.29, 1.82) is 0 Å². The lowest BCUT2D eigenvalue weighted by Crippen LogP contribution is -2.04. The largest absolute Gasteiger partial charge is 0.356 e. The van der Waals surface area contributed by atoms with E-state index in [-0.39, 0.29) is 10.9 Å². The zero-order chi connectivity index (χ0) is 10.1. The summed E-state index contributed by atoms with van der Waals surface area (Å²) in [5, 5.41) is -0.384. The van der Waals surface area contributed by atoms with Gasteiger partial charge in [0.1, 0.15) is 0 Å². The fourth-order valence-electron chi connectivity index (χ4n) is 0.842. The van der Waals surface area contributed by atoms with Crippen LogP contribution < -0.4 is 5.30 Å². The molecule has 1 aromatic carbocycles. The molecule has 0 fully saturated rings. The number of hydrogen-bond donors (Lipinski definition) is 2. The van der Waals surface area contributed by atoms with E-state index in [4.69, 9.17) is 9.79 Å². The monoisotopic (exact) mass is 208 g/mol. The van der Waals surface area contributed by atoms with Gasteiger partial charge in [-0.2, -0.15) is 0 Å². The lowest BCUT2D eigenvalue weighted by Gasteiger charge is -2.05. The molecule has 0 aliphatic rings. The number of hydrogen-bond acceptors (Lipinski definition) is 1. The maximum Gasteiger partial charge on any atom is 0.356 e. The smallest absolute Gasteiger partial charge is 0.321 e. The molecule has 0 amide bonds. The molecule has 0 heterocycles. The molecule has 72 valence electrons. The first-order valence-electron chi connectivity index (χ1n) is 3.35. The summed E-state index contributed by atoms with van der Waals surface area (Å²) >= 11 is 0. The molecule has 13 heavy (non-hydrogen) atoms. The summed E-state index contributed by atoms with van der Waals surface area (Å²) in [6.45, 7) is 0. The molecule has 0 saturated carbocycles. The van der Waals surface area contributed by atoms with Crippen molar-refractivity contribution in [2.24, 2.45) is 0 Å². The molecule has 0 aliphatic heterocycles. The van der Waals surface area contributed by atoms with Gasteiger partial charge in [0.05, 0.1) is 5.30 Å². The standard InChI is InChI=1S/C7H7F2O3P/c8-7(9)5-2-1-3-6(4-5)13(10,11)12/h1-4,7H,(H2,10,11,12). The van der Waals surface area contributed by atoms with E-state index < -0.39 is 14.0 Å². The first-order valence-corrected chi connectivity index (χ1v) is 4.97. The molecule has 1 aromatic rings. The molecule has 0 saturated heterocycles. The van der Waals surface area contributed by atoms with E-state index >= 15 is 0 Å². The molecule has 0 bridgehead atoms. The van der Waals surface area contributed by atoms with Crippen molar-refractivity contribution in [1.82, 2.24) is 0 Å². The van der Waals surface area contributed by atoms with E-state index in [0.29, 0.717) is 0 Å². The fraction of sp³-hybridized carbons (Fsp3) is 0.143. The Kier molecular flexibility index (Phi) is 2.81. The van der Waals surface area contributed by atoms with Gasteiger partial charge in [-0.05, 0) is 12.1 Å². The summed E-state index contributed by atoms with van der Waals surface area (Å²) in [6, 6.07) is 4.23. The SMILES string of the molecule is O=P(O)(O)c1cccc(C(F)F)c1. The van der Waals surface area contributed by atoms with Crippen LogP contribution in [0, 0.1) is 0 Å². The van der Waals surface area contributed by atoms with Gasteiger partial charge in [-0.25, -0.2) is 8.78 Å². The zero-order valence-electron chi connectivity index (χ0n) is 6.39. The number of alkyl halides is 2. The highest BCUT2D eigenvalue weighted by Crippen LogP contribution is 2.34. The zero-order valence-corrected chi connectivity index (χ0v) is 7.29. The Bertz CT molecular complexity index is 347. The molecule has 2 N–H and O–H groups in total. The van der Waals surface area contributed by atoms with Crippen molar-refractivity contribution in [3.05, 3.63) is 29.8 Å². The highest BCUT2D eigenvalue weighted by molar-refractivity contribution is 7.60. The van der Waals surface area contributed by atoms with Crippen LogP contribution in [0.4, 0.5) is 8.78 Å². The van der Waals surface area contributed by atoms with E-state index in [1.165, 1.54) is 6.07 Å². The van der Waals surface area contributed by atoms with Gasteiger partial charge in [0, 0.05) is 5.56 Å². The Balaban J connectivity index is 3.13. The molecule has 0 atom stereocenters. The molecule has 3 nitrogen and oxygen atoms in total. The van der Waals surface area contributed by atoms with Gasteiger partial charge in [-0.15, -0.1) is 0 Å². The topological polar surface area (TPSA) is 57.5 Å². The van der Waals surface area contributed by atoms with E-state index in [1.807, 2.05) is 0 Å². The molecular formula is C7H7F2O3P. The summed E-state index contributed by atoms with van der Waals surface area (Å²) in [7, 11) is -4.42. The van der Waals surface area contributed by atoms with Crippen molar-refractivity contribution < 1.29 is 23.1 Å². The third-order valence-corrected chi connectivity index (χ3v) is 2.41. The summed E-state index contributed by atoms with van der Waals surface area (Å²) in [4.78, 5) is 17.3. The summed E-state index contributed by atoms with van der Waals surface area (Å²) < 4.78 is 34.8. The Hall–Kier alpha value is -0.770. The van der Waals surface area contributed by atoms with Crippen molar-refractivity contribution in [2.75, 3.05) is 0 Å². The van der Waals surface area contributed by atoms with Gasteiger partial charge in [0.15, 0.2) is 0 Å². The lowest BCUT2D eigenvalue weighted by molar-refractivity contribution is 0.151. The Morgan fingerprint density at radius 1 is 1.31 bits per heavy atom. The second-order valence-electron chi connectivity index (χ2n) is 2.44. The fourth-order valence-corrected chi connectivity index (χ4v) is 1.44. The third kappa shape index (κ3) is 2.59. The van der Waals surface area contributed by atoms with Crippen LogP contribution in [-0.4, -0.2) is 9.79 Å². The maximum atomic E-state index is 12.1. The van der Waals surface area contributed by atoms with Crippen LogP contribution in [0.15, 0.2) is 24.3 Å². The predicted octanol–water partition coefficient (Wildman–Crippen LogP) is 1.43. The average molecular weight is 208 g/mol. The van der Waals surface area contributed by atoms with Crippen LogP contribution in [0.2, 0.25) is 0 Å². The predicted molar refractivity (Wildman–Crippen MR) is 43.1 cm³/mol. The summed E-state index contributed by atoms with van der Waals surface area (Å²) in [5.74, 6) is 0. The van der Waals surface area contributed by atoms with E-state index in [9.17, 15) is 13.3 Å². The van der Waals surface area contributed by atoms with Crippen LogP contribution in [0.25, 0.3) is 0 Å². The van der Waals surface area contributed by atoms with Crippen molar-refractivity contribution >= 4 is 12.9 Å². The van der Waals surface area contributed by atoms with E-state index in [1.54, 1.807) is 0 Å². The van der Waals surface area contributed by atoms with Gasteiger partial charge < -0.3 is 9.79 Å². The maximum absolute atomic E-state index is 12.1. The molecule has 1 rings (SSSR count). The molecule has 0 aliphatic carbocycles. The summed E-state index contributed by atoms with van der Waals surface area (Å²) in [5.41, 5.74) is -0.388. The minimum absolute atomic E-state index is 0.384. The highest BCUT2D eigenvalue weighted by atomic mass is 31.2. The normalized spacial score (nSPS) is 12.1. The average Bonchev–Trinajstić information content (AvgIpc) is 2.03. The molecule has 6 heteroatoms. The van der Waals surface area contributed by atoms with Crippen molar-refractivity contribution in [2.45, 2.75) is 6.43 Å². The summed E-state index contributed by atoms with van der Waals surface area (Å²) in [6.07, 6.45) is -2.72. The van der Waals surface area contributed by atoms with Crippen molar-refractivity contribution in [3.8, 4) is 0 Å². The van der Waals surface area contributed by atoms with Crippen LogP contribution in [0.3, 0.4) is 0 Å². The number of benzene rings is 1. The minimum atomic E-state index is -4.42. The first kappa shape index (κ1) is 10.3. The van der Waals surface area contributed by atoms with Crippen LogP contribution in [0.1, 0.15) is 12.0 Å². The van der Waals surface area contributed by atoms with Gasteiger partial charge in [0.25, 0.3) is 6.43 Å². The van der Waals surface area contributed by atoms with Crippen LogP contribution >= 0.6 is 7.60 Å². The lowest BCUT2D eigenvalue weighted by atomic mass is 10.2. The minimum Gasteiger partial charge on any atom is -0.321 e. The Morgan fingerprint density at radius 2 is 1.92 bits per heavy atom. The molecule has 0 unspecified atom stereocenters. The van der Waals surface area contributed by atoms with Crippen LogP contribution in [0.5, 0.6) is 0 Å². The van der Waals surface area contributed by atoms with Gasteiger partial charge in [0.2, 0.25) is 0 Å². The first-order chi connectivity index (χ1) is 5.91. The Morgan fingerprint density at radius 3 is 2.38 bits per heavy atom. The molecular weight excluding hydrogens is 201 g/mol.